The van der Waals surface area contributed by atoms with Crippen LogP contribution in [-0.2, 0) is 0 Å². The molecule has 3 aliphatic rings. The number of fused-ring (bicyclic) bond motifs is 1. The number of aliphatic hydroxyl groups is 1. The van der Waals surface area contributed by atoms with E-state index in [4.69, 9.17) is 0 Å². The van der Waals surface area contributed by atoms with Crippen LogP contribution in [0.1, 0.15) is 33.1 Å². The van der Waals surface area contributed by atoms with Gasteiger partial charge in [0.25, 0.3) is 0 Å². The standard InChI is InChI=1S/C13H20O/c1-7(2)8-4-9-6-11(14)12-10(5-8)13(9,12)3/h8-12,14H,1,4-6H2,2-3H3/t8-,9-,10?,11+,12?,13+/m1/s1. The Bertz CT molecular complexity index is 296. The molecule has 0 heterocycles. The normalized spacial score (nSPS) is 59.5. The SMILES string of the molecule is C=C(C)[C@H]1CC2C3[C@@H](O)C[C@@H](C1)[C@@]23C. The van der Waals surface area contributed by atoms with E-state index in [0.29, 0.717) is 11.3 Å². The van der Waals surface area contributed by atoms with Gasteiger partial charge in [0.2, 0.25) is 0 Å². The molecule has 0 aromatic heterocycles. The summed E-state index contributed by atoms with van der Waals surface area (Å²) in [5.74, 6) is 2.97. The lowest BCUT2D eigenvalue weighted by molar-refractivity contribution is 0.114. The van der Waals surface area contributed by atoms with Gasteiger partial charge in [-0.2, -0.15) is 0 Å². The number of hydrogen-bond acceptors (Lipinski definition) is 1. The van der Waals surface area contributed by atoms with Gasteiger partial charge in [-0.25, -0.2) is 0 Å². The molecule has 3 aliphatic carbocycles. The molecular weight excluding hydrogens is 172 g/mol. The topological polar surface area (TPSA) is 20.2 Å². The fourth-order valence-electron chi connectivity index (χ4n) is 4.51. The van der Waals surface area contributed by atoms with Gasteiger partial charge in [0.05, 0.1) is 6.10 Å². The lowest BCUT2D eigenvalue weighted by Gasteiger charge is -2.33. The molecule has 0 radical (unpaired) electrons. The number of aliphatic hydroxyl groups excluding tert-OH is 1. The van der Waals surface area contributed by atoms with Crippen LogP contribution in [0, 0.1) is 29.1 Å². The van der Waals surface area contributed by atoms with Crippen LogP contribution in [0.4, 0.5) is 0 Å². The molecule has 3 saturated carbocycles. The van der Waals surface area contributed by atoms with Crippen LogP contribution < -0.4 is 0 Å². The van der Waals surface area contributed by atoms with E-state index in [1.54, 1.807) is 0 Å². The Kier molecular flexibility index (Phi) is 1.56. The number of hydrogen-bond donors (Lipinski definition) is 1. The fourth-order valence-corrected chi connectivity index (χ4v) is 4.51. The molecule has 1 nitrogen and oxygen atoms in total. The smallest absolute Gasteiger partial charge is 0.0579 e. The first-order chi connectivity index (χ1) is 6.55. The van der Waals surface area contributed by atoms with Gasteiger partial charge in [-0.05, 0) is 55.3 Å². The second kappa shape index (κ2) is 2.44. The summed E-state index contributed by atoms with van der Waals surface area (Å²) in [5, 5.41) is 9.91. The van der Waals surface area contributed by atoms with E-state index in [1.807, 2.05) is 0 Å². The van der Waals surface area contributed by atoms with Crippen molar-refractivity contribution in [2.24, 2.45) is 29.1 Å². The van der Waals surface area contributed by atoms with Gasteiger partial charge in [0.1, 0.15) is 0 Å². The molecule has 6 atom stereocenters. The van der Waals surface area contributed by atoms with E-state index in [-0.39, 0.29) is 6.10 Å². The molecular formula is C13H20O. The Morgan fingerprint density at radius 1 is 1.36 bits per heavy atom. The highest BCUT2D eigenvalue weighted by Crippen LogP contribution is 2.76. The van der Waals surface area contributed by atoms with E-state index in [9.17, 15) is 5.11 Å². The molecule has 2 unspecified atom stereocenters. The molecule has 0 spiro atoms. The second-order valence-electron chi connectivity index (χ2n) is 6.01. The monoisotopic (exact) mass is 192 g/mol. The largest absolute Gasteiger partial charge is 0.393 e. The maximum atomic E-state index is 9.91. The molecule has 14 heavy (non-hydrogen) atoms. The van der Waals surface area contributed by atoms with Crippen LogP contribution in [-0.4, -0.2) is 11.2 Å². The molecule has 78 valence electrons. The third kappa shape index (κ3) is 0.850. The Morgan fingerprint density at radius 3 is 2.64 bits per heavy atom. The minimum atomic E-state index is 0.0149. The van der Waals surface area contributed by atoms with Crippen molar-refractivity contribution in [3.63, 3.8) is 0 Å². The van der Waals surface area contributed by atoms with E-state index < -0.39 is 0 Å². The molecule has 0 aromatic rings. The average molecular weight is 192 g/mol. The molecule has 0 bridgehead atoms. The van der Waals surface area contributed by atoms with Crippen molar-refractivity contribution < 1.29 is 5.11 Å². The molecule has 0 saturated heterocycles. The summed E-state index contributed by atoms with van der Waals surface area (Å²) in [6.07, 6.45) is 3.66. The fraction of sp³-hybridized carbons (Fsp3) is 0.846. The highest BCUT2D eigenvalue weighted by molar-refractivity contribution is 5.23. The molecule has 1 heteroatoms. The molecule has 3 rings (SSSR count). The van der Waals surface area contributed by atoms with Crippen LogP contribution in [0.3, 0.4) is 0 Å². The first-order valence-corrected chi connectivity index (χ1v) is 5.88. The first kappa shape index (κ1) is 8.96. The summed E-state index contributed by atoms with van der Waals surface area (Å²) in [4.78, 5) is 0. The van der Waals surface area contributed by atoms with Crippen molar-refractivity contribution in [1.82, 2.24) is 0 Å². The lowest BCUT2D eigenvalue weighted by Crippen LogP contribution is -2.26. The predicted octanol–water partition coefficient (Wildman–Crippen LogP) is 2.61. The summed E-state index contributed by atoms with van der Waals surface area (Å²) in [6.45, 7) is 8.66. The lowest BCUT2D eigenvalue weighted by atomic mass is 9.72. The maximum absolute atomic E-state index is 9.91. The zero-order valence-electron chi connectivity index (χ0n) is 9.16. The predicted molar refractivity (Wildman–Crippen MR) is 56.7 cm³/mol. The van der Waals surface area contributed by atoms with Gasteiger partial charge in [-0.3, -0.25) is 0 Å². The van der Waals surface area contributed by atoms with E-state index in [1.165, 1.54) is 18.4 Å². The van der Waals surface area contributed by atoms with Gasteiger partial charge in [0.15, 0.2) is 0 Å². The van der Waals surface area contributed by atoms with Crippen molar-refractivity contribution >= 4 is 0 Å². The second-order valence-corrected chi connectivity index (χ2v) is 6.01. The van der Waals surface area contributed by atoms with Crippen LogP contribution in [0.5, 0.6) is 0 Å². The number of rotatable bonds is 1. The zero-order valence-corrected chi connectivity index (χ0v) is 9.16. The van der Waals surface area contributed by atoms with E-state index in [2.05, 4.69) is 20.4 Å². The Hall–Kier alpha value is -0.300. The summed E-state index contributed by atoms with van der Waals surface area (Å²) < 4.78 is 0. The van der Waals surface area contributed by atoms with Crippen molar-refractivity contribution in [3.8, 4) is 0 Å². The minimum absolute atomic E-state index is 0.0149. The van der Waals surface area contributed by atoms with Crippen LogP contribution in [0.2, 0.25) is 0 Å². The molecule has 0 amide bonds. The molecule has 3 fully saturated rings. The van der Waals surface area contributed by atoms with Gasteiger partial charge >= 0.3 is 0 Å². The van der Waals surface area contributed by atoms with Crippen molar-refractivity contribution in [3.05, 3.63) is 12.2 Å². The van der Waals surface area contributed by atoms with Crippen LogP contribution in [0.25, 0.3) is 0 Å². The average Bonchev–Trinajstić information content (AvgIpc) is 2.59. The Labute approximate surface area is 86.2 Å². The van der Waals surface area contributed by atoms with Crippen molar-refractivity contribution in [2.45, 2.75) is 39.2 Å². The van der Waals surface area contributed by atoms with Gasteiger partial charge in [-0.15, -0.1) is 0 Å². The van der Waals surface area contributed by atoms with Gasteiger partial charge in [-0.1, -0.05) is 19.1 Å². The highest BCUT2D eigenvalue weighted by atomic mass is 16.3. The van der Waals surface area contributed by atoms with Gasteiger partial charge in [0, 0.05) is 0 Å². The molecule has 0 aliphatic heterocycles. The van der Waals surface area contributed by atoms with Crippen molar-refractivity contribution in [1.29, 1.82) is 0 Å². The highest BCUT2D eigenvalue weighted by Gasteiger charge is 2.73. The first-order valence-electron chi connectivity index (χ1n) is 5.88. The van der Waals surface area contributed by atoms with E-state index >= 15 is 0 Å². The Balaban J connectivity index is 1.85. The third-order valence-electron chi connectivity index (χ3n) is 5.47. The van der Waals surface area contributed by atoms with Crippen LogP contribution in [0.15, 0.2) is 12.2 Å². The summed E-state index contributed by atoms with van der Waals surface area (Å²) >= 11 is 0. The third-order valence-corrected chi connectivity index (χ3v) is 5.47. The summed E-state index contributed by atoms with van der Waals surface area (Å²) in [7, 11) is 0. The summed E-state index contributed by atoms with van der Waals surface area (Å²) in [6, 6.07) is 0. The molecule has 0 aromatic carbocycles. The van der Waals surface area contributed by atoms with Crippen LogP contribution >= 0.6 is 0 Å². The molecule has 1 N–H and O–H groups in total. The number of allylic oxidation sites excluding steroid dienone is 1. The van der Waals surface area contributed by atoms with E-state index in [0.717, 1.165) is 24.2 Å². The summed E-state index contributed by atoms with van der Waals surface area (Å²) in [5.41, 5.74) is 1.88. The maximum Gasteiger partial charge on any atom is 0.0579 e. The Morgan fingerprint density at radius 2 is 2.07 bits per heavy atom. The zero-order chi connectivity index (χ0) is 10.1. The van der Waals surface area contributed by atoms with Gasteiger partial charge < -0.3 is 5.11 Å². The quantitative estimate of drug-likeness (QED) is 0.633. The minimum Gasteiger partial charge on any atom is -0.393 e. The van der Waals surface area contributed by atoms with Crippen molar-refractivity contribution in [2.75, 3.05) is 0 Å².